The molecule has 0 bridgehead atoms. The molecule has 4 heteroatoms. The summed E-state index contributed by atoms with van der Waals surface area (Å²) < 4.78 is 0. The van der Waals surface area contributed by atoms with Gasteiger partial charge in [-0.1, -0.05) is 25.2 Å². The summed E-state index contributed by atoms with van der Waals surface area (Å²) in [7, 11) is 0. The minimum absolute atomic E-state index is 0.457. The van der Waals surface area contributed by atoms with E-state index in [0.29, 0.717) is 11.8 Å². The zero-order chi connectivity index (χ0) is 10.0. The molecule has 0 aliphatic carbocycles. The number of aromatic nitrogens is 1. The van der Waals surface area contributed by atoms with Crippen molar-refractivity contribution < 1.29 is 0 Å². The Morgan fingerprint density at radius 1 is 1.54 bits per heavy atom. The van der Waals surface area contributed by atoms with Crippen LogP contribution in [0.25, 0.3) is 0 Å². The summed E-state index contributed by atoms with van der Waals surface area (Å²) in [6.45, 7) is 8.10. The summed E-state index contributed by atoms with van der Waals surface area (Å²) in [5.41, 5.74) is 6.61. The molecule has 3 nitrogen and oxygen atoms in total. The fraction of sp³-hybridized carbons (Fsp3) is 0.556. The van der Waals surface area contributed by atoms with Crippen LogP contribution in [0.3, 0.4) is 0 Å². The Bertz CT molecular complexity index is 322. The molecule has 0 aliphatic rings. The van der Waals surface area contributed by atoms with Gasteiger partial charge in [0.15, 0.2) is 0 Å². The summed E-state index contributed by atoms with van der Waals surface area (Å²) >= 11 is 1.59. The average Bonchev–Trinajstić information content (AvgIpc) is 2.29. The maximum Gasteiger partial charge on any atom is 0.211 e. The van der Waals surface area contributed by atoms with Crippen LogP contribution in [0.4, 0.5) is 5.13 Å². The van der Waals surface area contributed by atoms with Gasteiger partial charge in [-0.05, 0) is 19.8 Å². The molecule has 0 spiro atoms. The molecule has 0 atom stereocenters. The molecule has 0 amide bonds. The predicted molar refractivity (Wildman–Crippen MR) is 57.9 cm³/mol. The van der Waals surface area contributed by atoms with Crippen molar-refractivity contribution in [1.82, 2.24) is 4.98 Å². The molecule has 0 aliphatic heterocycles. The predicted octanol–water partition coefficient (Wildman–Crippen LogP) is 2.58. The number of amidine groups is 1. The van der Waals surface area contributed by atoms with E-state index in [2.05, 4.69) is 30.7 Å². The van der Waals surface area contributed by atoms with Crippen LogP contribution in [-0.2, 0) is 0 Å². The van der Waals surface area contributed by atoms with Crippen LogP contribution in [0.15, 0.2) is 4.99 Å². The molecule has 0 radical (unpaired) electrons. The summed E-state index contributed by atoms with van der Waals surface area (Å²) in [6, 6.07) is 0. The van der Waals surface area contributed by atoms with Crippen molar-refractivity contribution in [3.8, 4) is 0 Å². The Balaban J connectivity index is 3.02. The lowest BCUT2D eigenvalue weighted by Crippen LogP contribution is -2.03. The molecule has 1 aromatic rings. The second-order valence-corrected chi connectivity index (χ2v) is 4.53. The summed E-state index contributed by atoms with van der Waals surface area (Å²) in [5.74, 6) is 1.02. The van der Waals surface area contributed by atoms with Crippen molar-refractivity contribution in [3.63, 3.8) is 0 Å². The van der Waals surface area contributed by atoms with Gasteiger partial charge in [0.25, 0.3) is 0 Å². The largest absolute Gasteiger partial charge is 0.387 e. The van der Waals surface area contributed by atoms with Crippen LogP contribution in [0.1, 0.15) is 37.3 Å². The molecule has 1 heterocycles. The van der Waals surface area contributed by atoms with Crippen molar-refractivity contribution in [2.24, 2.45) is 10.7 Å². The highest BCUT2D eigenvalue weighted by molar-refractivity contribution is 7.15. The van der Waals surface area contributed by atoms with E-state index in [0.717, 1.165) is 10.8 Å². The number of hydrogen-bond acceptors (Lipinski definition) is 3. The molecule has 0 fully saturated rings. The lowest BCUT2D eigenvalue weighted by molar-refractivity contribution is 0.825. The Kier molecular flexibility index (Phi) is 3.03. The lowest BCUT2D eigenvalue weighted by atomic mass is 10.1. The van der Waals surface area contributed by atoms with Crippen LogP contribution in [0.2, 0.25) is 0 Å². The van der Waals surface area contributed by atoms with E-state index in [1.807, 2.05) is 0 Å². The maximum atomic E-state index is 5.48. The van der Waals surface area contributed by atoms with Crippen molar-refractivity contribution >= 4 is 22.3 Å². The molecule has 2 N–H and O–H groups in total. The molecule has 0 saturated carbocycles. The quantitative estimate of drug-likeness (QED) is 0.585. The van der Waals surface area contributed by atoms with E-state index < -0.39 is 0 Å². The molecular weight excluding hydrogens is 182 g/mol. The summed E-state index contributed by atoms with van der Waals surface area (Å²) in [4.78, 5) is 9.76. The first-order chi connectivity index (χ1) is 6.00. The van der Waals surface area contributed by atoms with Crippen LogP contribution in [0, 0.1) is 6.92 Å². The van der Waals surface area contributed by atoms with Gasteiger partial charge in [-0.25, -0.2) is 9.98 Å². The fourth-order valence-corrected chi connectivity index (χ4v) is 2.12. The van der Waals surface area contributed by atoms with Crippen molar-refractivity contribution in [3.05, 3.63) is 10.6 Å². The van der Waals surface area contributed by atoms with Crippen LogP contribution in [0.5, 0.6) is 0 Å². The van der Waals surface area contributed by atoms with Gasteiger partial charge in [0.1, 0.15) is 0 Å². The monoisotopic (exact) mass is 197 g/mol. The van der Waals surface area contributed by atoms with E-state index in [9.17, 15) is 0 Å². The van der Waals surface area contributed by atoms with Gasteiger partial charge in [0.05, 0.1) is 11.5 Å². The third kappa shape index (κ3) is 2.52. The highest BCUT2D eigenvalue weighted by Crippen LogP contribution is 2.28. The minimum atomic E-state index is 0.457. The fourth-order valence-electron chi connectivity index (χ4n) is 1.13. The third-order valence-corrected chi connectivity index (χ3v) is 2.52. The van der Waals surface area contributed by atoms with E-state index in [1.54, 1.807) is 18.3 Å². The number of aryl methyl sites for hydroxylation is 1. The third-order valence-electron chi connectivity index (χ3n) is 1.64. The molecule has 1 aromatic heterocycles. The number of thiazole rings is 1. The Morgan fingerprint density at radius 2 is 2.15 bits per heavy atom. The van der Waals surface area contributed by atoms with Gasteiger partial charge < -0.3 is 5.73 Å². The maximum absolute atomic E-state index is 5.48. The molecule has 0 unspecified atom stereocenters. The van der Waals surface area contributed by atoms with Crippen molar-refractivity contribution in [2.45, 2.75) is 33.6 Å². The first-order valence-electron chi connectivity index (χ1n) is 4.28. The summed E-state index contributed by atoms with van der Waals surface area (Å²) in [5, 5.41) is 0.765. The van der Waals surface area contributed by atoms with Crippen LogP contribution in [-0.4, -0.2) is 10.8 Å². The highest BCUT2D eigenvalue weighted by Gasteiger charge is 2.09. The minimum Gasteiger partial charge on any atom is -0.387 e. The Morgan fingerprint density at radius 3 is 2.54 bits per heavy atom. The second kappa shape index (κ2) is 3.87. The molecule has 72 valence electrons. The standard InChI is InChI=1S/C9H15N3S/c1-5(2)8-6(3)13-9(12-8)11-7(4)10/h5H,1-4H3,(H2,10,11,12). The lowest BCUT2D eigenvalue weighted by Gasteiger charge is -1.98. The van der Waals surface area contributed by atoms with Crippen molar-refractivity contribution in [1.29, 1.82) is 0 Å². The SMILES string of the molecule is C/C(N)=N\c1nc(C(C)C)c(C)s1. The van der Waals surface area contributed by atoms with Gasteiger partial charge in [-0.15, -0.1) is 0 Å². The normalized spacial score (nSPS) is 12.5. The van der Waals surface area contributed by atoms with Crippen LogP contribution < -0.4 is 5.73 Å². The van der Waals surface area contributed by atoms with E-state index in [-0.39, 0.29) is 0 Å². The Labute approximate surface area is 82.7 Å². The first-order valence-corrected chi connectivity index (χ1v) is 5.10. The van der Waals surface area contributed by atoms with Gasteiger partial charge in [-0.3, -0.25) is 0 Å². The Hall–Kier alpha value is -0.900. The number of nitrogens with zero attached hydrogens (tertiary/aromatic N) is 2. The summed E-state index contributed by atoms with van der Waals surface area (Å²) in [6.07, 6.45) is 0. The average molecular weight is 197 g/mol. The number of hydrogen-bond donors (Lipinski definition) is 1. The van der Waals surface area contributed by atoms with Crippen LogP contribution >= 0.6 is 11.3 Å². The highest BCUT2D eigenvalue weighted by atomic mass is 32.1. The van der Waals surface area contributed by atoms with E-state index in [1.165, 1.54) is 4.88 Å². The number of nitrogens with two attached hydrogens (primary N) is 1. The zero-order valence-corrected chi connectivity index (χ0v) is 9.27. The molecule has 1 rings (SSSR count). The topological polar surface area (TPSA) is 51.3 Å². The van der Waals surface area contributed by atoms with Gasteiger partial charge >= 0.3 is 0 Å². The van der Waals surface area contributed by atoms with Crippen molar-refractivity contribution in [2.75, 3.05) is 0 Å². The zero-order valence-electron chi connectivity index (χ0n) is 8.46. The molecular formula is C9H15N3S. The first kappa shape index (κ1) is 10.2. The van der Waals surface area contributed by atoms with Gasteiger partial charge in [0, 0.05) is 4.88 Å². The molecule has 0 saturated heterocycles. The van der Waals surface area contributed by atoms with Gasteiger partial charge in [-0.2, -0.15) is 0 Å². The van der Waals surface area contributed by atoms with E-state index in [4.69, 9.17) is 5.73 Å². The van der Waals surface area contributed by atoms with E-state index >= 15 is 0 Å². The smallest absolute Gasteiger partial charge is 0.211 e. The van der Waals surface area contributed by atoms with Gasteiger partial charge in [0.2, 0.25) is 5.13 Å². The molecule has 13 heavy (non-hydrogen) atoms. The number of rotatable bonds is 2. The molecule has 0 aromatic carbocycles. The second-order valence-electron chi connectivity index (χ2n) is 3.35. The number of aliphatic imine (C=N–C) groups is 1.